The standard InChI is InChI=1S/C25H36O6/c1-15(26)28-13-20(27)19-5-4-17-16-12-21-25(31-21)14-24(29-10-11-30-24)9-8-23(25,3)18(16)6-7-22(17,19)2/h16-19,21H,4-14H2,1-3H3/t16-,17-,18-,19+,21-,22-,23+,25-/m0/s1. The number of ether oxygens (including phenoxy) is 4. The fourth-order valence-electron chi connectivity index (χ4n) is 9.17. The summed E-state index contributed by atoms with van der Waals surface area (Å²) >= 11 is 0. The fourth-order valence-corrected chi connectivity index (χ4v) is 9.17. The monoisotopic (exact) mass is 432 g/mol. The third-order valence-corrected chi connectivity index (χ3v) is 10.7. The number of carbonyl (C=O) groups is 2. The molecule has 6 nitrogen and oxygen atoms in total. The normalized spacial score (nSPS) is 51.4. The Balaban J connectivity index is 1.24. The highest BCUT2D eigenvalue weighted by atomic mass is 16.7. The average Bonchev–Trinajstić information content (AvgIpc) is 3.06. The highest BCUT2D eigenvalue weighted by Gasteiger charge is 2.78. The second-order valence-electron chi connectivity index (χ2n) is 11.7. The maximum absolute atomic E-state index is 12.9. The van der Waals surface area contributed by atoms with Crippen molar-refractivity contribution in [2.75, 3.05) is 19.8 Å². The van der Waals surface area contributed by atoms with Crippen molar-refractivity contribution in [1.82, 2.24) is 0 Å². The minimum atomic E-state index is -0.411. The summed E-state index contributed by atoms with van der Waals surface area (Å²) in [5.41, 5.74) is 0.118. The van der Waals surface area contributed by atoms with Gasteiger partial charge in [-0.3, -0.25) is 9.59 Å². The molecular formula is C25H36O6. The topological polar surface area (TPSA) is 74.4 Å². The molecule has 0 amide bonds. The van der Waals surface area contributed by atoms with Crippen LogP contribution < -0.4 is 0 Å². The average molecular weight is 433 g/mol. The first-order chi connectivity index (χ1) is 14.7. The maximum Gasteiger partial charge on any atom is 0.303 e. The summed E-state index contributed by atoms with van der Waals surface area (Å²) < 4.78 is 23.8. The van der Waals surface area contributed by atoms with E-state index in [-0.39, 0.29) is 40.7 Å². The molecule has 0 aromatic rings. The van der Waals surface area contributed by atoms with E-state index < -0.39 is 5.79 Å². The highest BCUT2D eigenvalue weighted by Crippen LogP contribution is 2.75. The predicted molar refractivity (Wildman–Crippen MR) is 111 cm³/mol. The van der Waals surface area contributed by atoms with E-state index in [4.69, 9.17) is 18.9 Å². The van der Waals surface area contributed by atoms with Crippen molar-refractivity contribution in [3.8, 4) is 0 Å². The van der Waals surface area contributed by atoms with E-state index in [2.05, 4.69) is 13.8 Å². The summed E-state index contributed by atoms with van der Waals surface area (Å²) in [7, 11) is 0. The van der Waals surface area contributed by atoms with Gasteiger partial charge in [-0.1, -0.05) is 13.8 Å². The molecule has 2 saturated heterocycles. The molecule has 4 aliphatic carbocycles. The first kappa shape index (κ1) is 20.6. The molecule has 4 saturated carbocycles. The Bertz CT molecular complexity index is 804. The van der Waals surface area contributed by atoms with Crippen LogP contribution in [0.4, 0.5) is 0 Å². The number of epoxide rings is 1. The molecular weight excluding hydrogens is 396 g/mol. The third-order valence-electron chi connectivity index (χ3n) is 10.7. The van der Waals surface area contributed by atoms with Gasteiger partial charge in [0.25, 0.3) is 0 Å². The smallest absolute Gasteiger partial charge is 0.303 e. The van der Waals surface area contributed by atoms with Gasteiger partial charge in [0.1, 0.15) is 12.2 Å². The number of hydrogen-bond donors (Lipinski definition) is 0. The van der Waals surface area contributed by atoms with E-state index in [1.54, 1.807) is 0 Å². The Morgan fingerprint density at radius 3 is 2.52 bits per heavy atom. The summed E-state index contributed by atoms with van der Waals surface area (Å²) in [6.45, 7) is 7.53. The van der Waals surface area contributed by atoms with Crippen LogP contribution in [-0.4, -0.2) is 49.1 Å². The maximum atomic E-state index is 12.9. The van der Waals surface area contributed by atoms with Crippen molar-refractivity contribution < 1.29 is 28.5 Å². The molecule has 2 spiro atoms. The van der Waals surface area contributed by atoms with Crippen LogP contribution in [0, 0.1) is 34.5 Å². The second kappa shape index (κ2) is 6.54. The molecule has 172 valence electrons. The van der Waals surface area contributed by atoms with Crippen LogP contribution in [0.3, 0.4) is 0 Å². The molecule has 6 aliphatic rings. The first-order valence-corrected chi connectivity index (χ1v) is 12.3. The van der Waals surface area contributed by atoms with Gasteiger partial charge in [-0.2, -0.15) is 0 Å². The van der Waals surface area contributed by atoms with E-state index in [1.807, 2.05) is 0 Å². The lowest BCUT2D eigenvalue weighted by molar-refractivity contribution is -0.226. The van der Waals surface area contributed by atoms with Crippen LogP contribution >= 0.6 is 0 Å². The predicted octanol–water partition coefficient (Wildman–Crippen LogP) is 3.65. The molecule has 2 aliphatic heterocycles. The van der Waals surface area contributed by atoms with Gasteiger partial charge in [-0.15, -0.1) is 0 Å². The molecule has 0 N–H and O–H groups in total. The van der Waals surface area contributed by atoms with E-state index >= 15 is 0 Å². The number of ketones is 1. The summed E-state index contributed by atoms with van der Waals surface area (Å²) in [5.74, 6) is 1.18. The Hall–Kier alpha value is -0.980. The van der Waals surface area contributed by atoms with Crippen LogP contribution in [0.25, 0.3) is 0 Å². The van der Waals surface area contributed by atoms with Gasteiger partial charge in [0.05, 0.1) is 19.3 Å². The molecule has 6 heteroatoms. The number of esters is 1. The molecule has 6 rings (SSSR count). The molecule has 0 radical (unpaired) electrons. The van der Waals surface area contributed by atoms with Crippen molar-refractivity contribution in [3.05, 3.63) is 0 Å². The number of rotatable bonds is 3. The van der Waals surface area contributed by atoms with Crippen LogP contribution in [0.2, 0.25) is 0 Å². The molecule has 0 unspecified atom stereocenters. The van der Waals surface area contributed by atoms with Gasteiger partial charge in [0.2, 0.25) is 0 Å². The minimum Gasteiger partial charge on any atom is -0.458 e. The van der Waals surface area contributed by atoms with Gasteiger partial charge in [0.15, 0.2) is 11.6 Å². The Labute approximate surface area is 184 Å². The quantitative estimate of drug-likeness (QED) is 0.501. The lowest BCUT2D eigenvalue weighted by Gasteiger charge is -2.60. The van der Waals surface area contributed by atoms with Gasteiger partial charge >= 0.3 is 5.97 Å². The SMILES string of the molecule is CC(=O)OCC(=O)[C@H]1CC[C@H]2[C@@H]3C[C@@H]4O[C@@]45CC4(CC[C@]5(C)[C@H]3CC[C@]12C)OCCO4. The fraction of sp³-hybridized carbons (Fsp3) is 0.920. The number of fused-ring (bicyclic) bond motifs is 4. The van der Waals surface area contributed by atoms with Gasteiger partial charge in [0, 0.05) is 31.1 Å². The van der Waals surface area contributed by atoms with Crippen molar-refractivity contribution >= 4 is 11.8 Å². The number of Topliss-reactive ketones (excluding diaryl/α,β-unsaturated/α-hetero) is 1. The zero-order chi connectivity index (χ0) is 21.6. The molecule has 0 aromatic carbocycles. The first-order valence-electron chi connectivity index (χ1n) is 12.3. The molecule has 31 heavy (non-hydrogen) atoms. The van der Waals surface area contributed by atoms with Crippen LogP contribution in [0.1, 0.15) is 72.1 Å². The molecule has 0 bridgehead atoms. The van der Waals surface area contributed by atoms with Crippen LogP contribution in [-0.2, 0) is 28.5 Å². The number of hydrogen-bond acceptors (Lipinski definition) is 6. The summed E-state index contributed by atoms with van der Waals surface area (Å²) in [6.07, 6.45) is 8.67. The Kier molecular flexibility index (Phi) is 4.35. The van der Waals surface area contributed by atoms with E-state index in [9.17, 15) is 9.59 Å². The summed E-state index contributed by atoms with van der Waals surface area (Å²) in [4.78, 5) is 24.2. The summed E-state index contributed by atoms with van der Waals surface area (Å²) in [6, 6.07) is 0. The van der Waals surface area contributed by atoms with Gasteiger partial charge in [-0.05, 0) is 61.7 Å². The van der Waals surface area contributed by atoms with Crippen LogP contribution in [0.5, 0.6) is 0 Å². The van der Waals surface area contributed by atoms with E-state index in [0.717, 1.165) is 51.4 Å². The highest BCUT2D eigenvalue weighted by molar-refractivity contribution is 5.85. The zero-order valence-electron chi connectivity index (χ0n) is 19.1. The van der Waals surface area contributed by atoms with Crippen molar-refractivity contribution in [2.45, 2.75) is 89.6 Å². The third kappa shape index (κ3) is 2.67. The van der Waals surface area contributed by atoms with Crippen molar-refractivity contribution in [2.24, 2.45) is 34.5 Å². The molecule has 2 heterocycles. The van der Waals surface area contributed by atoms with Gasteiger partial charge < -0.3 is 18.9 Å². The Morgan fingerprint density at radius 1 is 1.00 bits per heavy atom. The summed E-state index contributed by atoms with van der Waals surface area (Å²) in [5, 5.41) is 0. The van der Waals surface area contributed by atoms with E-state index in [0.29, 0.717) is 37.1 Å². The number of carbonyl (C=O) groups excluding carboxylic acids is 2. The lowest BCUT2D eigenvalue weighted by atomic mass is 9.44. The zero-order valence-corrected chi connectivity index (χ0v) is 19.1. The van der Waals surface area contributed by atoms with Gasteiger partial charge in [-0.25, -0.2) is 0 Å². The lowest BCUT2D eigenvalue weighted by Crippen LogP contribution is -2.61. The van der Waals surface area contributed by atoms with Crippen LogP contribution in [0.15, 0.2) is 0 Å². The minimum absolute atomic E-state index is 0.0207. The molecule has 8 atom stereocenters. The molecule has 0 aromatic heterocycles. The van der Waals surface area contributed by atoms with Crippen molar-refractivity contribution in [3.63, 3.8) is 0 Å². The second-order valence-corrected chi connectivity index (χ2v) is 11.7. The van der Waals surface area contributed by atoms with E-state index in [1.165, 1.54) is 6.92 Å². The Morgan fingerprint density at radius 2 is 1.77 bits per heavy atom. The largest absolute Gasteiger partial charge is 0.458 e. The van der Waals surface area contributed by atoms with Crippen molar-refractivity contribution in [1.29, 1.82) is 0 Å². The molecule has 6 fully saturated rings.